The average Bonchev–Trinajstić information content (AvgIpc) is 2.39. The van der Waals surface area contributed by atoms with Crippen molar-refractivity contribution >= 4 is 5.91 Å². The Labute approximate surface area is 112 Å². The third-order valence-electron chi connectivity index (χ3n) is 3.36. The van der Waals surface area contributed by atoms with Crippen LogP contribution >= 0.6 is 0 Å². The molecule has 1 unspecified atom stereocenters. The van der Waals surface area contributed by atoms with Gasteiger partial charge in [0.15, 0.2) is 0 Å². The zero-order valence-electron chi connectivity index (χ0n) is 10.8. The molecule has 104 valence electrons. The van der Waals surface area contributed by atoms with Gasteiger partial charge in [-0.25, -0.2) is 4.39 Å². The predicted octanol–water partition coefficient (Wildman–Crippen LogP) is 1.84. The van der Waals surface area contributed by atoms with Crippen LogP contribution in [0.25, 0.3) is 0 Å². The first kappa shape index (κ1) is 13.8. The van der Waals surface area contributed by atoms with Crippen molar-refractivity contribution in [1.29, 1.82) is 0 Å². The first-order valence-electron chi connectivity index (χ1n) is 6.63. The van der Waals surface area contributed by atoms with E-state index < -0.39 is 11.7 Å². The summed E-state index contributed by atoms with van der Waals surface area (Å²) >= 11 is 0. The molecule has 1 aliphatic heterocycles. The van der Waals surface area contributed by atoms with Crippen LogP contribution in [0.4, 0.5) is 4.39 Å². The van der Waals surface area contributed by atoms with Gasteiger partial charge in [0.05, 0.1) is 6.61 Å². The minimum absolute atomic E-state index is 0.167. The van der Waals surface area contributed by atoms with Crippen LogP contribution in [0.2, 0.25) is 0 Å². The largest absolute Gasteiger partial charge is 0.493 e. The summed E-state index contributed by atoms with van der Waals surface area (Å²) in [5.41, 5.74) is 4.99. The topological polar surface area (TPSA) is 64.4 Å². The monoisotopic (exact) mass is 266 g/mol. The standard InChI is InChI=1S/C14H19FN2O2/c15-11-5-3-6-12(13(11)14(16)18)19-9-7-10-4-1-2-8-17-10/h3,5-6,10,17H,1-2,4,7-9H2,(H2,16,18). The fourth-order valence-corrected chi connectivity index (χ4v) is 2.35. The zero-order chi connectivity index (χ0) is 13.7. The number of halogens is 1. The van der Waals surface area contributed by atoms with E-state index in [2.05, 4.69) is 5.32 Å². The molecular formula is C14H19FN2O2. The number of hydrogen-bond donors (Lipinski definition) is 2. The number of carbonyl (C=O) groups is 1. The lowest BCUT2D eigenvalue weighted by molar-refractivity contribution is 0.0992. The molecule has 1 fully saturated rings. The van der Waals surface area contributed by atoms with Gasteiger partial charge in [-0.3, -0.25) is 4.79 Å². The Morgan fingerprint density at radius 3 is 3.00 bits per heavy atom. The first-order valence-corrected chi connectivity index (χ1v) is 6.63. The van der Waals surface area contributed by atoms with Crippen LogP contribution in [-0.4, -0.2) is 25.1 Å². The average molecular weight is 266 g/mol. The summed E-state index contributed by atoms with van der Waals surface area (Å²) in [5.74, 6) is -1.21. The van der Waals surface area contributed by atoms with E-state index in [0.717, 1.165) is 19.4 Å². The van der Waals surface area contributed by atoms with Crippen LogP contribution < -0.4 is 15.8 Å². The smallest absolute Gasteiger partial charge is 0.255 e. The van der Waals surface area contributed by atoms with Crippen molar-refractivity contribution < 1.29 is 13.9 Å². The second-order valence-corrected chi connectivity index (χ2v) is 4.76. The lowest BCUT2D eigenvalue weighted by atomic mass is 10.0. The summed E-state index contributed by atoms with van der Waals surface area (Å²) in [7, 11) is 0. The second kappa shape index (κ2) is 6.52. The van der Waals surface area contributed by atoms with Gasteiger partial charge < -0.3 is 15.8 Å². The highest BCUT2D eigenvalue weighted by molar-refractivity contribution is 5.95. The molecule has 0 radical (unpaired) electrons. The van der Waals surface area contributed by atoms with Crippen molar-refractivity contribution in [3.63, 3.8) is 0 Å². The molecule has 0 spiro atoms. The minimum Gasteiger partial charge on any atom is -0.493 e. The molecule has 1 atom stereocenters. The van der Waals surface area contributed by atoms with Crippen molar-refractivity contribution in [1.82, 2.24) is 5.32 Å². The molecule has 4 nitrogen and oxygen atoms in total. The number of piperidine rings is 1. The Bertz CT molecular complexity index is 445. The second-order valence-electron chi connectivity index (χ2n) is 4.76. The van der Waals surface area contributed by atoms with Crippen molar-refractivity contribution in [2.45, 2.75) is 31.7 Å². The lowest BCUT2D eigenvalue weighted by Gasteiger charge is -2.23. The van der Waals surface area contributed by atoms with Crippen LogP contribution in [-0.2, 0) is 0 Å². The van der Waals surface area contributed by atoms with E-state index in [1.165, 1.54) is 25.0 Å². The molecule has 2 rings (SSSR count). The van der Waals surface area contributed by atoms with Gasteiger partial charge in [-0.1, -0.05) is 12.5 Å². The van der Waals surface area contributed by atoms with E-state index in [1.807, 2.05) is 0 Å². The van der Waals surface area contributed by atoms with Crippen LogP contribution in [0.1, 0.15) is 36.0 Å². The van der Waals surface area contributed by atoms with Crippen molar-refractivity contribution in [3.8, 4) is 5.75 Å². The molecule has 5 heteroatoms. The number of nitrogens with one attached hydrogen (secondary N) is 1. The highest BCUT2D eigenvalue weighted by atomic mass is 19.1. The molecule has 0 saturated carbocycles. The Morgan fingerprint density at radius 1 is 1.47 bits per heavy atom. The third-order valence-corrected chi connectivity index (χ3v) is 3.36. The van der Waals surface area contributed by atoms with Crippen molar-refractivity contribution in [3.05, 3.63) is 29.6 Å². The van der Waals surface area contributed by atoms with E-state index in [-0.39, 0.29) is 11.3 Å². The number of carbonyl (C=O) groups excluding carboxylic acids is 1. The molecule has 1 amide bonds. The third kappa shape index (κ3) is 3.67. The van der Waals surface area contributed by atoms with Gasteiger partial charge in [0.25, 0.3) is 5.91 Å². The normalized spacial score (nSPS) is 19.1. The van der Waals surface area contributed by atoms with Crippen molar-refractivity contribution in [2.24, 2.45) is 5.73 Å². The van der Waals surface area contributed by atoms with Gasteiger partial charge in [0, 0.05) is 6.04 Å². The van der Waals surface area contributed by atoms with E-state index >= 15 is 0 Å². The molecule has 1 saturated heterocycles. The highest BCUT2D eigenvalue weighted by Crippen LogP contribution is 2.21. The van der Waals surface area contributed by atoms with Crippen LogP contribution in [0, 0.1) is 5.82 Å². The van der Waals surface area contributed by atoms with Gasteiger partial charge in [0.1, 0.15) is 17.1 Å². The van der Waals surface area contributed by atoms with Gasteiger partial charge in [-0.15, -0.1) is 0 Å². The molecule has 1 aromatic carbocycles. The first-order chi connectivity index (χ1) is 9.18. The van der Waals surface area contributed by atoms with Gasteiger partial charge in [-0.05, 0) is 37.9 Å². The number of amides is 1. The van der Waals surface area contributed by atoms with Gasteiger partial charge >= 0.3 is 0 Å². The number of nitrogens with two attached hydrogens (primary N) is 1. The number of primary amides is 1. The molecule has 0 aliphatic carbocycles. The summed E-state index contributed by atoms with van der Waals surface area (Å²) in [4.78, 5) is 11.2. The molecule has 1 heterocycles. The van der Waals surface area contributed by atoms with Crippen LogP contribution in [0.5, 0.6) is 5.75 Å². The Morgan fingerprint density at radius 2 is 2.32 bits per heavy atom. The zero-order valence-corrected chi connectivity index (χ0v) is 10.8. The van der Waals surface area contributed by atoms with Crippen LogP contribution in [0.15, 0.2) is 18.2 Å². The Kier molecular flexibility index (Phi) is 4.74. The fourth-order valence-electron chi connectivity index (χ4n) is 2.35. The molecule has 19 heavy (non-hydrogen) atoms. The maximum Gasteiger partial charge on any atom is 0.255 e. The molecule has 0 aromatic heterocycles. The SMILES string of the molecule is NC(=O)c1c(F)cccc1OCCC1CCCCN1. The maximum absolute atomic E-state index is 13.5. The van der Waals surface area contributed by atoms with Gasteiger partial charge in [0.2, 0.25) is 0 Å². The molecule has 1 aromatic rings. The molecule has 3 N–H and O–H groups in total. The van der Waals surface area contributed by atoms with Crippen molar-refractivity contribution in [2.75, 3.05) is 13.2 Å². The Hall–Kier alpha value is -1.62. The quantitative estimate of drug-likeness (QED) is 0.854. The predicted molar refractivity (Wildman–Crippen MR) is 70.7 cm³/mol. The van der Waals surface area contributed by atoms with E-state index in [9.17, 15) is 9.18 Å². The number of rotatable bonds is 5. The number of hydrogen-bond acceptors (Lipinski definition) is 3. The maximum atomic E-state index is 13.5. The van der Waals surface area contributed by atoms with E-state index in [0.29, 0.717) is 12.6 Å². The van der Waals surface area contributed by atoms with E-state index in [1.54, 1.807) is 6.07 Å². The molecule has 1 aliphatic rings. The number of benzene rings is 1. The summed E-state index contributed by atoms with van der Waals surface area (Å²) in [6.07, 6.45) is 4.42. The summed E-state index contributed by atoms with van der Waals surface area (Å²) in [6.45, 7) is 1.48. The number of ether oxygens (including phenoxy) is 1. The molecule has 0 bridgehead atoms. The lowest BCUT2D eigenvalue weighted by Crippen LogP contribution is -2.35. The Balaban J connectivity index is 1.92. The highest BCUT2D eigenvalue weighted by Gasteiger charge is 2.16. The summed E-state index contributed by atoms with van der Waals surface area (Å²) in [6, 6.07) is 4.72. The summed E-state index contributed by atoms with van der Waals surface area (Å²) in [5, 5.41) is 3.41. The fraction of sp³-hybridized carbons (Fsp3) is 0.500. The van der Waals surface area contributed by atoms with E-state index in [4.69, 9.17) is 10.5 Å². The molecular weight excluding hydrogens is 247 g/mol. The van der Waals surface area contributed by atoms with Gasteiger partial charge in [-0.2, -0.15) is 0 Å². The summed E-state index contributed by atoms with van der Waals surface area (Å²) < 4.78 is 19.0. The van der Waals surface area contributed by atoms with Crippen LogP contribution in [0.3, 0.4) is 0 Å². The minimum atomic E-state index is -0.802.